The Morgan fingerprint density at radius 3 is 2.40 bits per heavy atom. The fraction of sp³-hybridized carbons (Fsp3) is 0.211. The fourth-order valence-electron chi connectivity index (χ4n) is 2.30. The summed E-state index contributed by atoms with van der Waals surface area (Å²) in [5.74, 6) is -1.01. The van der Waals surface area contributed by atoms with Crippen molar-refractivity contribution in [1.29, 1.82) is 0 Å². The van der Waals surface area contributed by atoms with Crippen LogP contribution in [0.4, 0.5) is 5.69 Å². The lowest BCUT2D eigenvalue weighted by Gasteiger charge is -2.20. The van der Waals surface area contributed by atoms with Gasteiger partial charge in [0.2, 0.25) is 11.8 Å². The number of methoxy groups -OCH3 is 1. The molecular weight excluding hydrogens is 320 g/mol. The Bertz CT molecular complexity index is 759. The molecule has 25 heavy (non-hydrogen) atoms. The highest BCUT2D eigenvalue weighted by molar-refractivity contribution is 5.96. The third-order valence-corrected chi connectivity index (χ3v) is 3.56. The molecule has 0 fully saturated rings. The molecule has 2 rings (SSSR count). The van der Waals surface area contributed by atoms with E-state index in [9.17, 15) is 14.4 Å². The molecule has 1 N–H and O–H groups in total. The van der Waals surface area contributed by atoms with E-state index in [2.05, 4.69) is 10.1 Å². The van der Waals surface area contributed by atoms with Crippen LogP contribution >= 0.6 is 0 Å². The molecule has 6 nitrogen and oxygen atoms in total. The van der Waals surface area contributed by atoms with E-state index in [0.717, 1.165) is 5.56 Å². The predicted molar refractivity (Wildman–Crippen MR) is 93.9 cm³/mol. The van der Waals surface area contributed by atoms with E-state index < -0.39 is 5.97 Å². The van der Waals surface area contributed by atoms with E-state index in [1.165, 1.54) is 25.0 Å². The molecule has 0 aliphatic heterocycles. The van der Waals surface area contributed by atoms with Crippen molar-refractivity contribution >= 4 is 23.5 Å². The molecule has 2 aromatic rings. The Morgan fingerprint density at radius 2 is 1.76 bits per heavy atom. The maximum atomic E-state index is 12.2. The number of benzene rings is 2. The van der Waals surface area contributed by atoms with Crippen molar-refractivity contribution in [2.75, 3.05) is 19.0 Å². The summed E-state index contributed by atoms with van der Waals surface area (Å²) in [5, 5.41) is 2.69. The van der Waals surface area contributed by atoms with Crippen LogP contribution in [0.5, 0.6) is 0 Å². The number of hydrogen-bond donors (Lipinski definition) is 1. The summed E-state index contributed by atoms with van der Waals surface area (Å²) >= 11 is 0. The van der Waals surface area contributed by atoms with Crippen molar-refractivity contribution in [2.45, 2.75) is 13.5 Å². The number of carbonyl (C=O) groups excluding carboxylic acids is 3. The lowest BCUT2D eigenvalue weighted by molar-refractivity contribution is -0.133. The van der Waals surface area contributed by atoms with Crippen molar-refractivity contribution in [3.63, 3.8) is 0 Å². The molecule has 0 unspecified atom stereocenters. The first kappa shape index (κ1) is 18.2. The van der Waals surface area contributed by atoms with E-state index in [4.69, 9.17) is 0 Å². The minimum absolute atomic E-state index is 0.0767. The third-order valence-electron chi connectivity index (χ3n) is 3.56. The average Bonchev–Trinajstić information content (AvgIpc) is 2.61. The van der Waals surface area contributed by atoms with Gasteiger partial charge in [-0.3, -0.25) is 9.59 Å². The number of carbonyl (C=O) groups is 3. The average molecular weight is 340 g/mol. The zero-order valence-electron chi connectivity index (χ0n) is 14.2. The number of ether oxygens (including phenoxy) is 1. The second kappa shape index (κ2) is 8.63. The van der Waals surface area contributed by atoms with Crippen LogP contribution in [0.3, 0.4) is 0 Å². The molecule has 2 amide bonds. The number of nitrogens with zero attached hydrogens (tertiary/aromatic N) is 1. The van der Waals surface area contributed by atoms with Crippen LogP contribution in [-0.2, 0) is 20.9 Å². The second-order valence-corrected chi connectivity index (χ2v) is 5.48. The minimum atomic E-state index is -0.481. The van der Waals surface area contributed by atoms with Crippen molar-refractivity contribution in [2.24, 2.45) is 0 Å². The molecule has 0 saturated carbocycles. The SMILES string of the molecule is COC(=O)c1cccc(NC(=O)CN(Cc2ccccc2)C(C)=O)c1. The van der Waals surface area contributed by atoms with Crippen molar-refractivity contribution < 1.29 is 19.1 Å². The zero-order chi connectivity index (χ0) is 18.2. The molecule has 2 aromatic carbocycles. The highest BCUT2D eigenvalue weighted by atomic mass is 16.5. The van der Waals surface area contributed by atoms with E-state index in [0.29, 0.717) is 17.8 Å². The quantitative estimate of drug-likeness (QED) is 0.820. The number of amides is 2. The molecule has 0 spiro atoms. The maximum Gasteiger partial charge on any atom is 0.337 e. The van der Waals surface area contributed by atoms with Gasteiger partial charge < -0.3 is 15.0 Å². The van der Waals surface area contributed by atoms with Crippen molar-refractivity contribution in [3.05, 3.63) is 65.7 Å². The van der Waals surface area contributed by atoms with Crippen molar-refractivity contribution in [3.8, 4) is 0 Å². The predicted octanol–water partition coefficient (Wildman–Crippen LogP) is 2.46. The number of esters is 1. The molecule has 130 valence electrons. The molecular formula is C19H20N2O4. The lowest BCUT2D eigenvalue weighted by Crippen LogP contribution is -2.36. The van der Waals surface area contributed by atoms with Gasteiger partial charge in [-0.05, 0) is 23.8 Å². The van der Waals surface area contributed by atoms with Gasteiger partial charge >= 0.3 is 5.97 Å². The standard InChI is InChI=1S/C19H20N2O4/c1-14(22)21(12-15-7-4-3-5-8-15)13-18(23)20-17-10-6-9-16(11-17)19(24)25-2/h3-11H,12-13H2,1-2H3,(H,20,23). The molecule has 0 bridgehead atoms. The van der Waals surface area contributed by atoms with Crippen LogP contribution in [0, 0.1) is 0 Å². The molecule has 0 aliphatic carbocycles. The van der Waals surface area contributed by atoms with Gasteiger partial charge in [-0.25, -0.2) is 4.79 Å². The molecule has 0 aliphatic rings. The monoisotopic (exact) mass is 340 g/mol. The summed E-state index contributed by atoms with van der Waals surface area (Å²) in [6.07, 6.45) is 0. The molecule has 0 saturated heterocycles. The summed E-state index contributed by atoms with van der Waals surface area (Å²) < 4.78 is 4.65. The smallest absolute Gasteiger partial charge is 0.337 e. The third kappa shape index (κ3) is 5.46. The summed E-state index contributed by atoms with van der Waals surface area (Å²) in [6, 6.07) is 15.9. The van der Waals surface area contributed by atoms with Crippen LogP contribution in [-0.4, -0.2) is 36.3 Å². The van der Waals surface area contributed by atoms with Crippen molar-refractivity contribution in [1.82, 2.24) is 4.90 Å². The minimum Gasteiger partial charge on any atom is -0.465 e. The van der Waals surface area contributed by atoms with Gasteiger partial charge in [0, 0.05) is 19.2 Å². The Balaban J connectivity index is 2.02. The number of nitrogens with one attached hydrogen (secondary N) is 1. The molecule has 0 heterocycles. The normalized spacial score (nSPS) is 10.0. The van der Waals surface area contributed by atoms with E-state index in [-0.39, 0.29) is 18.4 Å². The van der Waals surface area contributed by atoms with Gasteiger partial charge in [-0.15, -0.1) is 0 Å². The first-order chi connectivity index (χ1) is 12.0. The summed E-state index contributed by atoms with van der Waals surface area (Å²) in [5.41, 5.74) is 1.75. The van der Waals surface area contributed by atoms with Gasteiger partial charge in [-0.2, -0.15) is 0 Å². The van der Waals surface area contributed by atoms with Gasteiger partial charge in [-0.1, -0.05) is 36.4 Å². The second-order valence-electron chi connectivity index (χ2n) is 5.48. The van der Waals surface area contributed by atoms with Crippen LogP contribution in [0.1, 0.15) is 22.8 Å². The first-order valence-electron chi connectivity index (χ1n) is 7.77. The van der Waals surface area contributed by atoms with E-state index in [1.54, 1.807) is 18.2 Å². The zero-order valence-corrected chi connectivity index (χ0v) is 14.2. The largest absolute Gasteiger partial charge is 0.465 e. The first-order valence-corrected chi connectivity index (χ1v) is 7.77. The Kier molecular flexibility index (Phi) is 6.28. The maximum absolute atomic E-state index is 12.2. The van der Waals surface area contributed by atoms with Gasteiger partial charge in [0.15, 0.2) is 0 Å². The van der Waals surface area contributed by atoms with Gasteiger partial charge in [0.25, 0.3) is 0 Å². The van der Waals surface area contributed by atoms with Crippen LogP contribution in [0.2, 0.25) is 0 Å². The van der Waals surface area contributed by atoms with Crippen LogP contribution in [0.15, 0.2) is 54.6 Å². The summed E-state index contributed by atoms with van der Waals surface area (Å²) in [6.45, 7) is 1.70. The number of anilines is 1. The summed E-state index contributed by atoms with van der Waals surface area (Å²) in [7, 11) is 1.29. The molecule has 0 aromatic heterocycles. The molecule has 6 heteroatoms. The topological polar surface area (TPSA) is 75.7 Å². The Hall–Kier alpha value is -3.15. The Labute approximate surface area is 146 Å². The molecule has 0 atom stereocenters. The van der Waals surface area contributed by atoms with Crippen LogP contribution in [0.25, 0.3) is 0 Å². The van der Waals surface area contributed by atoms with Gasteiger partial charge in [0.1, 0.15) is 6.54 Å². The Morgan fingerprint density at radius 1 is 1.04 bits per heavy atom. The lowest BCUT2D eigenvalue weighted by atomic mass is 10.2. The summed E-state index contributed by atoms with van der Waals surface area (Å²) in [4.78, 5) is 37.0. The highest BCUT2D eigenvalue weighted by Crippen LogP contribution is 2.12. The van der Waals surface area contributed by atoms with E-state index >= 15 is 0 Å². The number of rotatable bonds is 6. The fourth-order valence-corrected chi connectivity index (χ4v) is 2.30. The van der Waals surface area contributed by atoms with Crippen LogP contribution < -0.4 is 5.32 Å². The van der Waals surface area contributed by atoms with E-state index in [1.807, 2.05) is 30.3 Å². The highest BCUT2D eigenvalue weighted by Gasteiger charge is 2.15. The molecule has 0 radical (unpaired) electrons. The van der Waals surface area contributed by atoms with Gasteiger partial charge in [0.05, 0.1) is 12.7 Å². The number of hydrogen-bond acceptors (Lipinski definition) is 4.